The van der Waals surface area contributed by atoms with Gasteiger partial charge < -0.3 is 10.2 Å². The number of fused-ring (bicyclic) bond motifs is 1. The van der Waals surface area contributed by atoms with Gasteiger partial charge in [0.15, 0.2) is 0 Å². The number of hydrogen-bond donors (Lipinski definition) is 1. The van der Waals surface area contributed by atoms with Crippen LogP contribution in [0.5, 0.6) is 0 Å². The van der Waals surface area contributed by atoms with Gasteiger partial charge in [0.05, 0.1) is 12.6 Å². The fourth-order valence-electron chi connectivity index (χ4n) is 3.24. The number of nitrogens with zero attached hydrogens (tertiary/aromatic N) is 2. The summed E-state index contributed by atoms with van der Waals surface area (Å²) in [6.07, 6.45) is 3.74. The molecular weight excluding hydrogens is 250 g/mol. The molecule has 1 N–H and O–H groups in total. The Morgan fingerprint density at radius 3 is 2.70 bits per heavy atom. The van der Waals surface area contributed by atoms with Crippen LogP contribution in [-0.4, -0.2) is 36.0 Å². The highest BCUT2D eigenvalue weighted by Crippen LogP contribution is 2.21. The zero-order chi connectivity index (χ0) is 13.9. The Balaban J connectivity index is 1.52. The molecule has 1 amide bonds. The van der Waals surface area contributed by atoms with Gasteiger partial charge in [-0.15, -0.1) is 0 Å². The lowest BCUT2D eigenvalue weighted by atomic mass is 10.1. The van der Waals surface area contributed by atoms with Gasteiger partial charge in [-0.25, -0.2) is 0 Å². The fourth-order valence-corrected chi connectivity index (χ4v) is 3.24. The molecule has 2 aliphatic rings. The van der Waals surface area contributed by atoms with E-state index >= 15 is 0 Å². The summed E-state index contributed by atoms with van der Waals surface area (Å²) >= 11 is 0. The first kappa shape index (κ1) is 13.1. The van der Waals surface area contributed by atoms with E-state index in [9.17, 15) is 4.79 Å². The van der Waals surface area contributed by atoms with E-state index in [1.807, 2.05) is 0 Å². The lowest BCUT2D eigenvalue weighted by molar-refractivity contribution is -0.130. The molecule has 20 heavy (non-hydrogen) atoms. The van der Waals surface area contributed by atoms with Gasteiger partial charge >= 0.3 is 0 Å². The second-order valence-corrected chi connectivity index (χ2v) is 5.63. The molecule has 4 heteroatoms. The minimum absolute atomic E-state index is 0.0602. The number of amides is 1. The molecule has 0 spiro atoms. The van der Waals surface area contributed by atoms with E-state index in [2.05, 4.69) is 35.7 Å². The Kier molecular flexibility index (Phi) is 3.70. The van der Waals surface area contributed by atoms with E-state index in [-0.39, 0.29) is 11.9 Å². The predicted octanol–water partition coefficient (Wildman–Crippen LogP) is 1.26. The molecule has 0 radical (unpaired) electrons. The van der Waals surface area contributed by atoms with Gasteiger partial charge in [-0.05, 0) is 36.8 Å². The molecule has 1 heterocycles. The van der Waals surface area contributed by atoms with Crippen LogP contribution in [0.4, 0.5) is 0 Å². The maximum absolute atomic E-state index is 12.2. The molecule has 0 unspecified atom stereocenters. The first-order chi connectivity index (χ1) is 9.78. The summed E-state index contributed by atoms with van der Waals surface area (Å²) in [5.41, 5.74) is 2.77. The van der Waals surface area contributed by atoms with E-state index in [1.54, 1.807) is 4.90 Å². The molecule has 0 bridgehead atoms. The number of rotatable bonds is 3. The SMILES string of the molecule is N#C[C@H]1CCCN1C(=O)CNC1Cc2ccccc2C1. The molecule has 1 atom stereocenters. The van der Waals surface area contributed by atoms with Gasteiger partial charge in [0.25, 0.3) is 0 Å². The third-order valence-electron chi connectivity index (χ3n) is 4.32. The van der Waals surface area contributed by atoms with Crippen molar-refractivity contribution in [3.63, 3.8) is 0 Å². The lowest BCUT2D eigenvalue weighted by Crippen LogP contribution is -2.43. The number of hydrogen-bond acceptors (Lipinski definition) is 3. The highest BCUT2D eigenvalue weighted by Gasteiger charge is 2.29. The van der Waals surface area contributed by atoms with Crippen LogP contribution in [0, 0.1) is 11.3 Å². The molecule has 1 aromatic carbocycles. The van der Waals surface area contributed by atoms with Crippen LogP contribution in [-0.2, 0) is 17.6 Å². The van der Waals surface area contributed by atoms with Crippen molar-refractivity contribution in [3.8, 4) is 6.07 Å². The summed E-state index contributed by atoms with van der Waals surface area (Å²) in [5.74, 6) is 0.0602. The second kappa shape index (κ2) is 5.64. The Morgan fingerprint density at radius 1 is 1.35 bits per heavy atom. The molecule has 1 aromatic rings. The average Bonchev–Trinajstić information content (AvgIpc) is 3.10. The summed E-state index contributed by atoms with van der Waals surface area (Å²) in [7, 11) is 0. The molecule has 1 aliphatic carbocycles. The molecule has 4 nitrogen and oxygen atoms in total. The highest BCUT2D eigenvalue weighted by molar-refractivity contribution is 5.79. The van der Waals surface area contributed by atoms with Crippen LogP contribution < -0.4 is 5.32 Å². The topological polar surface area (TPSA) is 56.1 Å². The van der Waals surface area contributed by atoms with Crippen molar-refractivity contribution in [2.24, 2.45) is 0 Å². The minimum atomic E-state index is -0.218. The number of nitriles is 1. The van der Waals surface area contributed by atoms with Crippen LogP contribution in [0.15, 0.2) is 24.3 Å². The smallest absolute Gasteiger partial charge is 0.237 e. The summed E-state index contributed by atoms with van der Waals surface area (Å²) in [4.78, 5) is 13.9. The Hall–Kier alpha value is -1.86. The van der Waals surface area contributed by atoms with Gasteiger partial charge in [0.1, 0.15) is 6.04 Å². The molecule has 1 aliphatic heterocycles. The minimum Gasteiger partial charge on any atom is -0.326 e. The number of benzene rings is 1. The van der Waals surface area contributed by atoms with E-state index in [1.165, 1.54) is 11.1 Å². The van der Waals surface area contributed by atoms with Crippen LogP contribution >= 0.6 is 0 Å². The number of likely N-dealkylation sites (tertiary alicyclic amines) is 1. The van der Waals surface area contributed by atoms with Crippen molar-refractivity contribution in [2.75, 3.05) is 13.1 Å². The Bertz CT molecular complexity index is 524. The average molecular weight is 269 g/mol. The molecule has 0 saturated carbocycles. The van der Waals surface area contributed by atoms with Gasteiger partial charge in [-0.3, -0.25) is 4.79 Å². The highest BCUT2D eigenvalue weighted by atomic mass is 16.2. The van der Waals surface area contributed by atoms with E-state index in [0.717, 1.165) is 32.2 Å². The van der Waals surface area contributed by atoms with Crippen LogP contribution in [0.2, 0.25) is 0 Å². The monoisotopic (exact) mass is 269 g/mol. The fraction of sp³-hybridized carbons (Fsp3) is 0.500. The summed E-state index contributed by atoms with van der Waals surface area (Å²) in [6, 6.07) is 10.8. The molecule has 0 aromatic heterocycles. The molecule has 1 saturated heterocycles. The van der Waals surface area contributed by atoms with Crippen molar-refractivity contribution < 1.29 is 4.79 Å². The third-order valence-corrected chi connectivity index (χ3v) is 4.32. The largest absolute Gasteiger partial charge is 0.326 e. The van der Waals surface area contributed by atoms with E-state index < -0.39 is 0 Å². The van der Waals surface area contributed by atoms with Crippen molar-refractivity contribution in [2.45, 2.75) is 37.8 Å². The summed E-state index contributed by atoms with van der Waals surface area (Å²) in [6.45, 7) is 1.07. The van der Waals surface area contributed by atoms with Crippen molar-refractivity contribution in [1.29, 1.82) is 5.26 Å². The number of carbonyl (C=O) groups is 1. The molecule has 1 fully saturated rings. The molecular formula is C16H19N3O. The third kappa shape index (κ3) is 2.54. The maximum atomic E-state index is 12.2. The lowest BCUT2D eigenvalue weighted by Gasteiger charge is -2.21. The normalized spacial score (nSPS) is 21.8. The first-order valence-corrected chi connectivity index (χ1v) is 7.27. The Labute approximate surface area is 119 Å². The maximum Gasteiger partial charge on any atom is 0.237 e. The zero-order valence-corrected chi connectivity index (χ0v) is 11.5. The van der Waals surface area contributed by atoms with Gasteiger partial charge in [-0.2, -0.15) is 5.26 Å². The van der Waals surface area contributed by atoms with E-state index in [4.69, 9.17) is 5.26 Å². The summed E-state index contributed by atoms with van der Waals surface area (Å²) in [5, 5.41) is 12.4. The Morgan fingerprint density at radius 2 is 2.05 bits per heavy atom. The molecule has 104 valence electrons. The van der Waals surface area contributed by atoms with E-state index in [0.29, 0.717) is 12.6 Å². The molecule has 3 rings (SSSR count). The van der Waals surface area contributed by atoms with Crippen molar-refractivity contribution >= 4 is 5.91 Å². The van der Waals surface area contributed by atoms with Crippen LogP contribution in [0.1, 0.15) is 24.0 Å². The van der Waals surface area contributed by atoms with Crippen molar-refractivity contribution in [3.05, 3.63) is 35.4 Å². The van der Waals surface area contributed by atoms with Crippen LogP contribution in [0.3, 0.4) is 0 Å². The predicted molar refractivity (Wildman–Crippen MR) is 76.0 cm³/mol. The quantitative estimate of drug-likeness (QED) is 0.898. The van der Waals surface area contributed by atoms with Crippen LogP contribution in [0.25, 0.3) is 0 Å². The first-order valence-electron chi connectivity index (χ1n) is 7.27. The number of nitrogens with one attached hydrogen (secondary N) is 1. The zero-order valence-electron chi connectivity index (χ0n) is 11.5. The van der Waals surface area contributed by atoms with Crippen molar-refractivity contribution in [1.82, 2.24) is 10.2 Å². The number of carbonyl (C=O) groups excluding carboxylic acids is 1. The van der Waals surface area contributed by atoms with Gasteiger partial charge in [0, 0.05) is 12.6 Å². The second-order valence-electron chi connectivity index (χ2n) is 5.63. The standard InChI is InChI=1S/C16H19N3O/c17-10-15-6-3-7-19(15)16(20)11-18-14-8-12-4-1-2-5-13(12)9-14/h1-2,4-5,14-15,18H,3,6-9,11H2/t15-/m1/s1. The summed E-state index contributed by atoms with van der Waals surface area (Å²) < 4.78 is 0. The van der Waals surface area contributed by atoms with Gasteiger partial charge in [-0.1, -0.05) is 24.3 Å². The van der Waals surface area contributed by atoms with Gasteiger partial charge in [0.2, 0.25) is 5.91 Å².